The number of fused-ring (bicyclic) bond motifs is 2. The lowest BCUT2D eigenvalue weighted by Crippen LogP contribution is -3.00. The van der Waals surface area contributed by atoms with Crippen LogP contribution in [0.3, 0.4) is 0 Å². The molecule has 5 rings (SSSR count). The molecule has 0 amide bonds. The molecular weight excluding hydrogens is 368 g/mol. The maximum absolute atomic E-state index is 12.2. The van der Waals surface area contributed by atoms with Gasteiger partial charge in [0.05, 0.1) is 18.5 Å². The number of rotatable bonds is 5. The van der Waals surface area contributed by atoms with Crippen LogP contribution in [0.2, 0.25) is 0 Å². The van der Waals surface area contributed by atoms with Gasteiger partial charge in [-0.25, -0.2) is 0 Å². The van der Waals surface area contributed by atoms with E-state index in [1.165, 1.54) is 65.8 Å². The average Bonchev–Trinajstić information content (AvgIpc) is 3.22. The Morgan fingerprint density at radius 3 is 2.86 bits per heavy atom. The standard InChI is InChI=1S/C24H30N2O.ClH/c1-3-5-8-12-26-13-11-24-20-9-6-7-10-21(20)25-23(24)19(16-27)18(14-22(24)26)17(4-2)15-26;/h4,6-7,9-10,16,18,22H,3,5,8,11-15H2,1-2H3;1H/b17-4-;/t18-,22-,24?,26?;/m0./s1. The number of anilines is 1. The van der Waals surface area contributed by atoms with Crippen LogP contribution in [0.1, 0.15) is 51.5 Å². The normalized spacial score (nSPS) is 35.9. The number of hydrogen-bond donors (Lipinski definition) is 1. The fourth-order valence-corrected chi connectivity index (χ4v) is 6.91. The molecule has 2 unspecified atom stereocenters. The lowest BCUT2D eigenvalue weighted by Gasteiger charge is -2.53. The Morgan fingerprint density at radius 2 is 2.11 bits per heavy atom. The van der Waals surface area contributed by atoms with Gasteiger partial charge in [0.1, 0.15) is 18.9 Å². The van der Waals surface area contributed by atoms with Gasteiger partial charge < -0.3 is 22.2 Å². The van der Waals surface area contributed by atoms with Gasteiger partial charge in [0.15, 0.2) is 0 Å². The Morgan fingerprint density at radius 1 is 1.29 bits per heavy atom. The van der Waals surface area contributed by atoms with Crippen molar-refractivity contribution in [2.75, 3.05) is 25.0 Å². The molecule has 0 aromatic heterocycles. The molecule has 3 aliphatic heterocycles. The highest BCUT2D eigenvalue weighted by atomic mass is 35.5. The molecule has 1 aromatic rings. The number of halogens is 1. The third-order valence-corrected chi connectivity index (χ3v) is 8.07. The quantitative estimate of drug-likeness (QED) is 0.353. The van der Waals surface area contributed by atoms with Gasteiger partial charge in [0.2, 0.25) is 0 Å². The number of quaternary nitrogens is 1. The molecule has 28 heavy (non-hydrogen) atoms. The first kappa shape index (κ1) is 19.7. The van der Waals surface area contributed by atoms with Crippen molar-refractivity contribution in [3.63, 3.8) is 0 Å². The van der Waals surface area contributed by atoms with E-state index in [1.807, 2.05) is 0 Å². The minimum atomic E-state index is 0. The Balaban J connectivity index is 0.00000192. The van der Waals surface area contributed by atoms with Gasteiger partial charge in [0.25, 0.3) is 0 Å². The van der Waals surface area contributed by atoms with Gasteiger partial charge in [-0.05, 0) is 37.0 Å². The van der Waals surface area contributed by atoms with Crippen LogP contribution in [0.5, 0.6) is 0 Å². The Kier molecular flexibility index (Phi) is 4.96. The van der Waals surface area contributed by atoms with Crippen LogP contribution in [-0.4, -0.2) is 36.4 Å². The van der Waals surface area contributed by atoms with Crippen molar-refractivity contribution in [2.24, 2.45) is 5.92 Å². The van der Waals surface area contributed by atoms with E-state index in [0.717, 1.165) is 24.8 Å². The van der Waals surface area contributed by atoms with Crippen LogP contribution in [0, 0.1) is 5.92 Å². The summed E-state index contributed by atoms with van der Waals surface area (Å²) in [6.45, 7) is 8.13. The molecule has 3 heterocycles. The first-order valence-electron chi connectivity index (χ1n) is 10.8. The molecule has 2 saturated heterocycles. The van der Waals surface area contributed by atoms with E-state index in [4.69, 9.17) is 0 Å². The predicted molar refractivity (Wildman–Crippen MR) is 109 cm³/mol. The van der Waals surface area contributed by atoms with Gasteiger partial charge in [-0.3, -0.25) is 4.79 Å². The fraction of sp³-hybridized carbons (Fsp3) is 0.542. The molecule has 1 aromatic carbocycles. The lowest BCUT2D eigenvalue weighted by atomic mass is 9.61. The number of piperidine rings is 1. The molecular formula is C24H31ClN2O. The van der Waals surface area contributed by atoms with Crippen molar-refractivity contribution in [3.05, 3.63) is 52.7 Å². The predicted octanol–water partition coefficient (Wildman–Crippen LogP) is 1.57. The smallest absolute Gasteiger partial charge is 0.148 e. The van der Waals surface area contributed by atoms with Crippen LogP contribution in [0.25, 0.3) is 0 Å². The number of benzene rings is 1. The number of nitrogens with one attached hydrogen (secondary N) is 1. The van der Waals surface area contributed by atoms with Crippen LogP contribution < -0.4 is 17.7 Å². The zero-order chi connectivity index (χ0) is 18.6. The van der Waals surface area contributed by atoms with E-state index < -0.39 is 0 Å². The lowest BCUT2D eigenvalue weighted by molar-refractivity contribution is -0.941. The highest BCUT2D eigenvalue weighted by Crippen LogP contribution is 2.63. The van der Waals surface area contributed by atoms with Crippen LogP contribution >= 0.6 is 0 Å². The van der Waals surface area contributed by atoms with Crippen molar-refractivity contribution in [2.45, 2.75) is 57.4 Å². The second kappa shape index (κ2) is 7.03. The zero-order valence-electron chi connectivity index (χ0n) is 17.0. The molecule has 4 heteroatoms. The minimum Gasteiger partial charge on any atom is -1.00 e. The zero-order valence-corrected chi connectivity index (χ0v) is 17.8. The third-order valence-electron chi connectivity index (χ3n) is 8.07. The second-order valence-electron chi connectivity index (χ2n) is 9.04. The third kappa shape index (κ3) is 2.35. The van der Waals surface area contributed by atoms with Crippen LogP contribution in [0.4, 0.5) is 5.69 Å². The number of carbonyl (C=O) groups excluding carboxylic acids is 1. The maximum atomic E-state index is 12.2. The van der Waals surface area contributed by atoms with Crippen molar-refractivity contribution < 1.29 is 21.7 Å². The first-order valence-corrected chi connectivity index (χ1v) is 10.8. The summed E-state index contributed by atoms with van der Waals surface area (Å²) in [6, 6.07) is 9.41. The summed E-state index contributed by atoms with van der Waals surface area (Å²) in [5.74, 6) is 0.318. The van der Waals surface area contributed by atoms with Crippen molar-refractivity contribution in [3.8, 4) is 0 Å². The van der Waals surface area contributed by atoms with Crippen LogP contribution in [-0.2, 0) is 10.2 Å². The number of carbonyl (C=O) groups is 1. The number of allylic oxidation sites excluding steroid dienone is 2. The Labute approximate surface area is 174 Å². The summed E-state index contributed by atoms with van der Waals surface area (Å²) in [7, 11) is 0. The first-order chi connectivity index (χ1) is 13.2. The fourth-order valence-electron chi connectivity index (χ4n) is 6.91. The summed E-state index contributed by atoms with van der Waals surface area (Å²) in [5.41, 5.74) is 6.48. The maximum Gasteiger partial charge on any atom is 0.148 e. The summed E-state index contributed by atoms with van der Waals surface area (Å²) < 4.78 is 1.24. The molecule has 1 spiro atoms. The number of aldehydes is 1. The van der Waals surface area contributed by atoms with E-state index in [0.29, 0.717) is 12.0 Å². The van der Waals surface area contributed by atoms with Gasteiger partial charge in [0, 0.05) is 35.7 Å². The van der Waals surface area contributed by atoms with Gasteiger partial charge in [-0.15, -0.1) is 0 Å². The van der Waals surface area contributed by atoms with Gasteiger partial charge >= 0.3 is 0 Å². The summed E-state index contributed by atoms with van der Waals surface area (Å²) in [6.07, 6.45) is 9.70. The van der Waals surface area contributed by atoms with Crippen molar-refractivity contribution in [1.29, 1.82) is 0 Å². The SMILES string of the molecule is C/C=C1/C[N+]2(CCCCC)CCC34C(=C(C=O)[C@H]1C[C@@H]32)Nc1ccccc14.[Cl-]. The van der Waals surface area contributed by atoms with E-state index in [2.05, 4.69) is 49.5 Å². The Bertz CT molecular complexity index is 860. The highest BCUT2D eigenvalue weighted by molar-refractivity contribution is 5.84. The minimum absolute atomic E-state index is 0. The topological polar surface area (TPSA) is 29.1 Å². The number of hydrogen-bond acceptors (Lipinski definition) is 2. The number of nitrogens with zero attached hydrogens (tertiary/aromatic N) is 1. The second-order valence-corrected chi connectivity index (χ2v) is 9.04. The molecule has 2 fully saturated rings. The van der Waals surface area contributed by atoms with E-state index in [-0.39, 0.29) is 17.8 Å². The number of para-hydroxylation sites is 1. The molecule has 1 aliphatic carbocycles. The number of unbranched alkanes of at least 4 members (excludes halogenated alkanes) is 2. The van der Waals surface area contributed by atoms with E-state index in [1.54, 1.807) is 0 Å². The average molecular weight is 399 g/mol. The molecule has 4 atom stereocenters. The molecule has 2 bridgehead atoms. The molecule has 150 valence electrons. The molecule has 1 N–H and O–H groups in total. The summed E-state index contributed by atoms with van der Waals surface area (Å²) in [5, 5.41) is 3.72. The summed E-state index contributed by atoms with van der Waals surface area (Å²) >= 11 is 0. The van der Waals surface area contributed by atoms with Crippen LogP contribution in [0.15, 0.2) is 47.2 Å². The highest BCUT2D eigenvalue weighted by Gasteiger charge is 2.68. The van der Waals surface area contributed by atoms with Gasteiger partial charge in [-0.1, -0.05) is 37.6 Å². The van der Waals surface area contributed by atoms with Crippen molar-refractivity contribution in [1.82, 2.24) is 0 Å². The Hall–Kier alpha value is -1.58. The van der Waals surface area contributed by atoms with Crippen molar-refractivity contribution >= 4 is 12.0 Å². The largest absolute Gasteiger partial charge is 1.00 e. The molecule has 4 aliphatic rings. The van der Waals surface area contributed by atoms with Gasteiger partial charge in [-0.2, -0.15) is 0 Å². The van der Waals surface area contributed by atoms with E-state index >= 15 is 0 Å². The molecule has 0 radical (unpaired) electrons. The summed E-state index contributed by atoms with van der Waals surface area (Å²) in [4.78, 5) is 12.2. The molecule has 0 saturated carbocycles. The monoisotopic (exact) mass is 398 g/mol. The van der Waals surface area contributed by atoms with E-state index in [9.17, 15) is 4.79 Å². The molecule has 3 nitrogen and oxygen atoms in total.